The fourth-order valence-corrected chi connectivity index (χ4v) is 3.23. The SMILES string of the molecule is Cc1sc2c(I)cccc2c1C=O. The minimum absolute atomic E-state index is 0.846. The summed E-state index contributed by atoms with van der Waals surface area (Å²) in [5.41, 5.74) is 0.846. The van der Waals surface area contributed by atoms with E-state index in [0.29, 0.717) is 0 Å². The van der Waals surface area contributed by atoms with E-state index in [0.717, 1.165) is 22.1 Å². The number of aldehydes is 1. The molecule has 0 bridgehead atoms. The third-order valence-electron chi connectivity index (χ3n) is 2.01. The highest BCUT2D eigenvalue weighted by atomic mass is 127. The zero-order valence-corrected chi connectivity index (χ0v) is 9.98. The molecule has 2 rings (SSSR count). The molecule has 0 aliphatic carbocycles. The van der Waals surface area contributed by atoms with Gasteiger partial charge in [-0.2, -0.15) is 0 Å². The summed E-state index contributed by atoms with van der Waals surface area (Å²) in [4.78, 5) is 11.9. The molecule has 2 aromatic rings. The molecule has 0 atom stereocenters. The number of carbonyl (C=O) groups excluding carboxylic acids is 1. The van der Waals surface area contributed by atoms with Crippen LogP contribution in [0.15, 0.2) is 18.2 Å². The van der Waals surface area contributed by atoms with Crippen LogP contribution < -0.4 is 0 Å². The Kier molecular flexibility index (Phi) is 2.38. The van der Waals surface area contributed by atoms with Crippen LogP contribution in [0.4, 0.5) is 0 Å². The molecular weight excluding hydrogens is 295 g/mol. The predicted octanol–water partition coefficient (Wildman–Crippen LogP) is 3.63. The van der Waals surface area contributed by atoms with Gasteiger partial charge in [-0.25, -0.2) is 0 Å². The summed E-state index contributed by atoms with van der Waals surface area (Å²) in [5.74, 6) is 0. The first kappa shape index (κ1) is 9.15. The molecule has 0 N–H and O–H groups in total. The molecule has 3 heteroatoms. The number of carbonyl (C=O) groups is 1. The molecule has 66 valence electrons. The van der Waals surface area contributed by atoms with E-state index in [2.05, 4.69) is 28.7 Å². The number of aryl methyl sites for hydroxylation is 1. The Balaban J connectivity index is 2.93. The van der Waals surface area contributed by atoms with Crippen LogP contribution >= 0.6 is 33.9 Å². The van der Waals surface area contributed by atoms with E-state index >= 15 is 0 Å². The van der Waals surface area contributed by atoms with Crippen LogP contribution in [0.1, 0.15) is 15.2 Å². The van der Waals surface area contributed by atoms with Crippen LogP contribution in [0, 0.1) is 10.5 Å². The number of benzene rings is 1. The fourth-order valence-electron chi connectivity index (χ4n) is 1.37. The van der Waals surface area contributed by atoms with Crippen molar-refractivity contribution in [2.45, 2.75) is 6.92 Å². The van der Waals surface area contributed by atoms with Gasteiger partial charge in [-0.3, -0.25) is 4.79 Å². The van der Waals surface area contributed by atoms with E-state index in [9.17, 15) is 4.79 Å². The second-order valence-corrected chi connectivity index (χ2v) is 5.19. The molecule has 0 aliphatic heterocycles. The zero-order chi connectivity index (χ0) is 9.42. The summed E-state index contributed by atoms with van der Waals surface area (Å²) < 4.78 is 2.44. The highest BCUT2D eigenvalue weighted by molar-refractivity contribution is 14.1. The maximum absolute atomic E-state index is 10.8. The molecule has 0 spiro atoms. The van der Waals surface area contributed by atoms with Crippen molar-refractivity contribution in [2.75, 3.05) is 0 Å². The first-order valence-electron chi connectivity index (χ1n) is 3.87. The maximum atomic E-state index is 10.8. The summed E-state index contributed by atoms with van der Waals surface area (Å²) in [6, 6.07) is 6.06. The molecule has 0 radical (unpaired) electrons. The quantitative estimate of drug-likeness (QED) is 0.581. The lowest BCUT2D eigenvalue weighted by atomic mass is 10.1. The number of thiophene rings is 1. The third kappa shape index (κ3) is 1.40. The molecular formula is C10H7IOS. The topological polar surface area (TPSA) is 17.1 Å². The van der Waals surface area contributed by atoms with E-state index < -0.39 is 0 Å². The van der Waals surface area contributed by atoms with E-state index in [4.69, 9.17) is 0 Å². The highest BCUT2D eigenvalue weighted by Crippen LogP contribution is 2.32. The first-order chi connectivity index (χ1) is 6.24. The van der Waals surface area contributed by atoms with Crippen molar-refractivity contribution < 1.29 is 4.79 Å². The van der Waals surface area contributed by atoms with Crippen LogP contribution in [0.25, 0.3) is 10.1 Å². The van der Waals surface area contributed by atoms with Gasteiger partial charge in [0.05, 0.1) is 0 Å². The van der Waals surface area contributed by atoms with Gasteiger partial charge in [0, 0.05) is 24.1 Å². The molecule has 0 fully saturated rings. The number of fused-ring (bicyclic) bond motifs is 1. The van der Waals surface area contributed by atoms with Crippen LogP contribution in [0.3, 0.4) is 0 Å². The van der Waals surface area contributed by atoms with Gasteiger partial charge in [-0.05, 0) is 35.6 Å². The lowest BCUT2D eigenvalue weighted by molar-refractivity contribution is 0.112. The molecule has 0 amide bonds. The average molecular weight is 302 g/mol. The second-order valence-electron chi connectivity index (χ2n) is 2.81. The number of hydrogen-bond donors (Lipinski definition) is 0. The largest absolute Gasteiger partial charge is 0.298 e. The van der Waals surface area contributed by atoms with Gasteiger partial charge in [-0.15, -0.1) is 11.3 Å². The maximum Gasteiger partial charge on any atom is 0.151 e. The molecule has 0 aliphatic rings. The highest BCUT2D eigenvalue weighted by Gasteiger charge is 2.09. The van der Waals surface area contributed by atoms with Crippen molar-refractivity contribution in [1.82, 2.24) is 0 Å². The zero-order valence-electron chi connectivity index (χ0n) is 7.00. The van der Waals surface area contributed by atoms with Crippen LogP contribution in [0.2, 0.25) is 0 Å². The molecule has 1 nitrogen and oxygen atoms in total. The van der Waals surface area contributed by atoms with Crippen molar-refractivity contribution in [3.63, 3.8) is 0 Å². The van der Waals surface area contributed by atoms with Gasteiger partial charge in [-0.1, -0.05) is 12.1 Å². The van der Waals surface area contributed by atoms with Crippen LogP contribution in [-0.2, 0) is 0 Å². The Bertz CT molecular complexity index is 473. The molecule has 0 saturated carbocycles. The van der Waals surface area contributed by atoms with Crippen molar-refractivity contribution in [1.29, 1.82) is 0 Å². The predicted molar refractivity (Wildman–Crippen MR) is 64.7 cm³/mol. The Morgan fingerprint density at radius 3 is 2.92 bits per heavy atom. The fraction of sp³-hybridized carbons (Fsp3) is 0.100. The summed E-state index contributed by atoms with van der Waals surface area (Å²) in [6.45, 7) is 1.99. The minimum atomic E-state index is 0.846. The van der Waals surface area contributed by atoms with Gasteiger partial charge in [0.1, 0.15) is 0 Å². The smallest absolute Gasteiger partial charge is 0.151 e. The summed E-state index contributed by atoms with van der Waals surface area (Å²) in [5, 5.41) is 1.09. The summed E-state index contributed by atoms with van der Waals surface area (Å²) in [7, 11) is 0. The second kappa shape index (κ2) is 3.38. The molecule has 1 aromatic heterocycles. The van der Waals surface area contributed by atoms with Gasteiger partial charge >= 0.3 is 0 Å². The first-order valence-corrected chi connectivity index (χ1v) is 5.76. The van der Waals surface area contributed by atoms with Crippen molar-refractivity contribution >= 4 is 50.3 Å². The Labute approximate surface area is 93.9 Å². The lowest BCUT2D eigenvalue weighted by Gasteiger charge is -1.92. The minimum Gasteiger partial charge on any atom is -0.298 e. The van der Waals surface area contributed by atoms with Crippen molar-refractivity contribution in [3.05, 3.63) is 32.2 Å². The summed E-state index contributed by atoms with van der Waals surface area (Å²) >= 11 is 3.99. The van der Waals surface area contributed by atoms with E-state index in [1.807, 2.05) is 19.1 Å². The Morgan fingerprint density at radius 2 is 2.23 bits per heavy atom. The summed E-state index contributed by atoms with van der Waals surface area (Å²) in [6.07, 6.45) is 0.949. The van der Waals surface area contributed by atoms with Crippen molar-refractivity contribution in [2.24, 2.45) is 0 Å². The average Bonchev–Trinajstić information content (AvgIpc) is 2.43. The Hall–Kier alpha value is -0.420. The van der Waals surface area contributed by atoms with Crippen molar-refractivity contribution in [3.8, 4) is 0 Å². The number of hydrogen-bond acceptors (Lipinski definition) is 2. The normalized spacial score (nSPS) is 10.6. The van der Waals surface area contributed by atoms with Gasteiger partial charge in [0.25, 0.3) is 0 Å². The lowest BCUT2D eigenvalue weighted by Crippen LogP contribution is -1.78. The standard InChI is InChI=1S/C10H7IOS/c1-6-8(5-12)7-3-2-4-9(11)10(7)13-6/h2-5H,1H3. The van der Waals surface area contributed by atoms with Gasteiger partial charge in [0.15, 0.2) is 6.29 Å². The van der Waals surface area contributed by atoms with E-state index in [-0.39, 0.29) is 0 Å². The Morgan fingerprint density at radius 1 is 1.46 bits per heavy atom. The van der Waals surface area contributed by atoms with Gasteiger partial charge in [0.2, 0.25) is 0 Å². The third-order valence-corrected chi connectivity index (χ3v) is 4.44. The molecule has 13 heavy (non-hydrogen) atoms. The number of rotatable bonds is 1. The van der Waals surface area contributed by atoms with Gasteiger partial charge < -0.3 is 0 Å². The molecule has 1 aromatic carbocycles. The number of halogens is 1. The van der Waals surface area contributed by atoms with E-state index in [1.165, 1.54) is 8.27 Å². The van der Waals surface area contributed by atoms with Crippen LogP contribution in [0.5, 0.6) is 0 Å². The molecule has 1 heterocycles. The molecule has 0 saturated heterocycles. The van der Waals surface area contributed by atoms with Crippen LogP contribution in [-0.4, -0.2) is 6.29 Å². The monoisotopic (exact) mass is 302 g/mol. The molecule has 0 unspecified atom stereocenters. The van der Waals surface area contributed by atoms with E-state index in [1.54, 1.807) is 11.3 Å².